The molecule has 0 saturated heterocycles. The monoisotopic (exact) mass is 368 g/mol. The number of alkyl halides is 3. The standard InChI is InChI=1S/C12H12BrF3N2O3/c1-3-20-11(19)7(2)17-18-10-5-4-8(6-9(10)13)21-12(14,15)16/h4-6,18H,3H2,1-2H3/b17-7+. The zero-order valence-electron chi connectivity index (χ0n) is 11.1. The van der Waals surface area contributed by atoms with E-state index in [2.05, 4.69) is 31.2 Å². The molecule has 0 radical (unpaired) electrons. The molecule has 0 saturated carbocycles. The molecule has 9 heteroatoms. The lowest BCUT2D eigenvalue weighted by Crippen LogP contribution is -2.17. The molecule has 0 aliphatic carbocycles. The van der Waals surface area contributed by atoms with E-state index < -0.39 is 12.3 Å². The molecule has 1 N–H and O–H groups in total. The summed E-state index contributed by atoms with van der Waals surface area (Å²) < 4.78 is 45.0. The van der Waals surface area contributed by atoms with Gasteiger partial charge in [0.2, 0.25) is 0 Å². The fraction of sp³-hybridized carbons (Fsp3) is 0.333. The summed E-state index contributed by atoms with van der Waals surface area (Å²) in [6, 6.07) is 3.58. The molecule has 0 spiro atoms. The molecule has 116 valence electrons. The molecule has 0 atom stereocenters. The zero-order chi connectivity index (χ0) is 16.0. The Bertz CT molecular complexity index is 547. The molecule has 0 amide bonds. The third kappa shape index (κ3) is 6.03. The number of nitrogens with zero attached hydrogens (tertiary/aromatic N) is 1. The highest BCUT2D eigenvalue weighted by Crippen LogP contribution is 2.30. The van der Waals surface area contributed by atoms with Gasteiger partial charge in [-0.2, -0.15) is 5.10 Å². The molecule has 0 aliphatic heterocycles. The number of hydrogen-bond acceptors (Lipinski definition) is 5. The Labute approximate surface area is 127 Å². The van der Waals surface area contributed by atoms with Crippen molar-refractivity contribution in [1.29, 1.82) is 0 Å². The van der Waals surface area contributed by atoms with E-state index in [4.69, 9.17) is 4.74 Å². The molecule has 1 rings (SSSR count). The van der Waals surface area contributed by atoms with Gasteiger partial charge in [0, 0.05) is 4.47 Å². The number of esters is 1. The van der Waals surface area contributed by atoms with Gasteiger partial charge in [-0.15, -0.1) is 13.2 Å². The molecule has 0 heterocycles. The summed E-state index contributed by atoms with van der Waals surface area (Å²) in [6.07, 6.45) is -4.76. The number of ether oxygens (including phenoxy) is 2. The Morgan fingerprint density at radius 1 is 1.43 bits per heavy atom. The van der Waals surface area contributed by atoms with Crippen LogP contribution in [0.3, 0.4) is 0 Å². The molecule has 0 fully saturated rings. The van der Waals surface area contributed by atoms with Crippen LogP contribution in [0.4, 0.5) is 18.9 Å². The maximum atomic E-state index is 12.1. The number of halogens is 4. The SMILES string of the molecule is CCOC(=O)/C(C)=N/Nc1ccc(OC(F)(F)F)cc1Br. The highest BCUT2D eigenvalue weighted by molar-refractivity contribution is 9.10. The Balaban J connectivity index is 2.77. The van der Waals surface area contributed by atoms with E-state index in [9.17, 15) is 18.0 Å². The van der Waals surface area contributed by atoms with E-state index in [0.29, 0.717) is 10.2 Å². The minimum atomic E-state index is -4.76. The average molecular weight is 369 g/mol. The molecule has 1 aromatic carbocycles. The van der Waals surface area contributed by atoms with Crippen LogP contribution in [0.5, 0.6) is 5.75 Å². The Morgan fingerprint density at radius 3 is 2.62 bits per heavy atom. The molecule has 5 nitrogen and oxygen atoms in total. The van der Waals surface area contributed by atoms with Crippen molar-refractivity contribution in [2.24, 2.45) is 5.10 Å². The minimum Gasteiger partial charge on any atom is -0.461 e. The number of anilines is 1. The summed E-state index contributed by atoms with van der Waals surface area (Å²) in [5.74, 6) is -0.954. The molecule has 0 aliphatic rings. The van der Waals surface area contributed by atoms with Crippen LogP contribution in [0.1, 0.15) is 13.8 Å². The van der Waals surface area contributed by atoms with Crippen LogP contribution in [0.2, 0.25) is 0 Å². The third-order valence-electron chi connectivity index (χ3n) is 2.09. The Hall–Kier alpha value is -1.77. The van der Waals surface area contributed by atoms with Crippen molar-refractivity contribution in [2.75, 3.05) is 12.0 Å². The number of carbonyl (C=O) groups is 1. The first kappa shape index (κ1) is 17.3. The lowest BCUT2D eigenvalue weighted by molar-refractivity contribution is -0.274. The third-order valence-corrected chi connectivity index (χ3v) is 2.75. The maximum absolute atomic E-state index is 12.1. The van der Waals surface area contributed by atoms with Crippen LogP contribution >= 0.6 is 15.9 Å². The van der Waals surface area contributed by atoms with E-state index in [1.54, 1.807) is 6.92 Å². The number of hydrogen-bond donors (Lipinski definition) is 1. The summed E-state index contributed by atoms with van der Waals surface area (Å²) >= 11 is 3.08. The van der Waals surface area contributed by atoms with Gasteiger partial charge in [-0.25, -0.2) is 4.79 Å². The van der Waals surface area contributed by atoms with Gasteiger partial charge in [0.25, 0.3) is 0 Å². The highest BCUT2D eigenvalue weighted by atomic mass is 79.9. The van der Waals surface area contributed by atoms with E-state index >= 15 is 0 Å². The molecular formula is C12H12BrF3N2O3. The topological polar surface area (TPSA) is 59.9 Å². The number of hydrazone groups is 1. The van der Waals surface area contributed by atoms with Crippen molar-refractivity contribution in [1.82, 2.24) is 0 Å². The van der Waals surface area contributed by atoms with Gasteiger partial charge >= 0.3 is 12.3 Å². The lowest BCUT2D eigenvalue weighted by atomic mass is 10.3. The average Bonchev–Trinajstić information content (AvgIpc) is 2.35. The zero-order valence-corrected chi connectivity index (χ0v) is 12.7. The van der Waals surface area contributed by atoms with Crippen LogP contribution in [0.25, 0.3) is 0 Å². The van der Waals surface area contributed by atoms with Crippen molar-refractivity contribution >= 4 is 33.3 Å². The first-order valence-corrected chi connectivity index (χ1v) is 6.55. The second kappa shape index (κ2) is 7.30. The maximum Gasteiger partial charge on any atom is 0.573 e. The van der Waals surface area contributed by atoms with Crippen LogP contribution in [0.15, 0.2) is 27.8 Å². The second-order valence-electron chi connectivity index (χ2n) is 3.72. The first-order chi connectivity index (χ1) is 9.73. The van der Waals surface area contributed by atoms with Crippen molar-refractivity contribution in [2.45, 2.75) is 20.2 Å². The van der Waals surface area contributed by atoms with Gasteiger partial charge in [0.1, 0.15) is 11.5 Å². The van der Waals surface area contributed by atoms with Crippen molar-refractivity contribution < 1.29 is 27.4 Å². The van der Waals surface area contributed by atoms with Gasteiger partial charge in [-0.05, 0) is 48.0 Å². The van der Waals surface area contributed by atoms with Crippen LogP contribution in [-0.2, 0) is 9.53 Å². The van der Waals surface area contributed by atoms with E-state index in [-0.39, 0.29) is 18.1 Å². The summed E-state index contributed by atoms with van der Waals surface area (Å²) in [5, 5.41) is 3.78. The summed E-state index contributed by atoms with van der Waals surface area (Å²) in [4.78, 5) is 11.3. The van der Waals surface area contributed by atoms with Crippen LogP contribution in [-0.4, -0.2) is 24.7 Å². The quantitative estimate of drug-likeness (QED) is 0.489. The van der Waals surface area contributed by atoms with E-state index in [1.807, 2.05) is 0 Å². The summed E-state index contributed by atoms with van der Waals surface area (Å²) in [6.45, 7) is 3.33. The summed E-state index contributed by atoms with van der Waals surface area (Å²) in [5.41, 5.74) is 3.00. The predicted molar refractivity (Wildman–Crippen MR) is 74.2 cm³/mol. The molecule has 0 aromatic heterocycles. The molecule has 0 bridgehead atoms. The van der Waals surface area contributed by atoms with E-state index in [0.717, 1.165) is 12.1 Å². The van der Waals surface area contributed by atoms with E-state index in [1.165, 1.54) is 13.0 Å². The molecule has 0 unspecified atom stereocenters. The predicted octanol–water partition coefficient (Wildman–Crippen LogP) is 3.70. The number of benzene rings is 1. The normalized spacial score (nSPS) is 12.0. The van der Waals surface area contributed by atoms with Gasteiger partial charge in [0.05, 0.1) is 12.3 Å². The van der Waals surface area contributed by atoms with Crippen molar-refractivity contribution in [3.63, 3.8) is 0 Å². The van der Waals surface area contributed by atoms with Crippen molar-refractivity contribution in [3.05, 3.63) is 22.7 Å². The van der Waals surface area contributed by atoms with Crippen LogP contribution < -0.4 is 10.2 Å². The number of carbonyl (C=O) groups excluding carboxylic acids is 1. The number of rotatable bonds is 5. The van der Waals surface area contributed by atoms with Gasteiger partial charge in [-0.1, -0.05) is 0 Å². The fourth-order valence-electron chi connectivity index (χ4n) is 1.21. The molecular weight excluding hydrogens is 357 g/mol. The highest BCUT2D eigenvalue weighted by Gasteiger charge is 2.31. The van der Waals surface area contributed by atoms with Gasteiger partial charge < -0.3 is 9.47 Å². The smallest absolute Gasteiger partial charge is 0.461 e. The lowest BCUT2D eigenvalue weighted by Gasteiger charge is -2.11. The molecule has 1 aromatic rings. The second-order valence-corrected chi connectivity index (χ2v) is 4.57. The number of nitrogens with one attached hydrogen (secondary N) is 1. The van der Waals surface area contributed by atoms with Gasteiger partial charge in [-0.3, -0.25) is 5.43 Å². The largest absolute Gasteiger partial charge is 0.573 e. The Morgan fingerprint density at radius 2 is 2.10 bits per heavy atom. The Kier molecular flexibility index (Phi) is 6.01. The summed E-state index contributed by atoms with van der Waals surface area (Å²) in [7, 11) is 0. The molecule has 21 heavy (non-hydrogen) atoms. The van der Waals surface area contributed by atoms with Crippen molar-refractivity contribution in [3.8, 4) is 5.75 Å². The first-order valence-electron chi connectivity index (χ1n) is 5.75. The minimum absolute atomic E-state index is 0.0827. The van der Waals surface area contributed by atoms with Gasteiger partial charge in [0.15, 0.2) is 0 Å². The van der Waals surface area contributed by atoms with Crippen LogP contribution in [0, 0.1) is 0 Å². The fourth-order valence-corrected chi connectivity index (χ4v) is 1.66.